The minimum Gasteiger partial charge on any atom is -0.481 e. The van der Waals surface area contributed by atoms with Gasteiger partial charge in [0.15, 0.2) is 0 Å². The minimum absolute atomic E-state index is 0.180. The van der Waals surface area contributed by atoms with Crippen LogP contribution in [0.2, 0.25) is 0 Å². The van der Waals surface area contributed by atoms with Crippen LogP contribution in [0.3, 0.4) is 0 Å². The Balaban J connectivity index is 1.98. The van der Waals surface area contributed by atoms with Crippen LogP contribution in [0.1, 0.15) is 6.42 Å². The lowest BCUT2D eigenvalue weighted by Gasteiger charge is -2.47. The van der Waals surface area contributed by atoms with Crippen LogP contribution in [-0.2, 0) is 4.79 Å². The third kappa shape index (κ3) is 1.21. The zero-order valence-corrected chi connectivity index (χ0v) is 6.97. The second kappa shape index (κ2) is 2.71. The SMILES string of the molecule is O=C(O)C1CNCC2(CNC2)C1. The second-order valence-electron chi connectivity index (χ2n) is 3.97. The molecule has 4 heteroatoms. The van der Waals surface area contributed by atoms with Gasteiger partial charge in [0.05, 0.1) is 5.92 Å². The van der Waals surface area contributed by atoms with E-state index in [1.165, 1.54) is 0 Å². The number of carboxylic acids is 1. The van der Waals surface area contributed by atoms with Gasteiger partial charge in [0.1, 0.15) is 0 Å². The average Bonchev–Trinajstić information content (AvgIpc) is 2.02. The van der Waals surface area contributed by atoms with Crippen molar-refractivity contribution in [1.82, 2.24) is 10.6 Å². The van der Waals surface area contributed by atoms with Gasteiger partial charge in [-0.15, -0.1) is 0 Å². The van der Waals surface area contributed by atoms with Crippen LogP contribution < -0.4 is 10.6 Å². The van der Waals surface area contributed by atoms with Crippen LogP contribution in [0, 0.1) is 11.3 Å². The van der Waals surface area contributed by atoms with Crippen molar-refractivity contribution in [3.8, 4) is 0 Å². The predicted molar refractivity (Wildman–Crippen MR) is 43.9 cm³/mol. The number of carboxylic acid groups (broad SMARTS) is 1. The van der Waals surface area contributed by atoms with Gasteiger partial charge in [0, 0.05) is 31.6 Å². The van der Waals surface area contributed by atoms with Gasteiger partial charge in [0.2, 0.25) is 0 Å². The lowest BCUT2D eigenvalue weighted by atomic mass is 9.72. The van der Waals surface area contributed by atoms with E-state index in [0.29, 0.717) is 6.54 Å². The van der Waals surface area contributed by atoms with E-state index in [1.54, 1.807) is 0 Å². The van der Waals surface area contributed by atoms with Crippen LogP contribution in [0.4, 0.5) is 0 Å². The van der Waals surface area contributed by atoms with E-state index in [9.17, 15) is 4.79 Å². The quantitative estimate of drug-likeness (QED) is 0.485. The van der Waals surface area contributed by atoms with Crippen LogP contribution >= 0.6 is 0 Å². The summed E-state index contributed by atoms with van der Waals surface area (Å²) in [5.41, 5.74) is 0.251. The van der Waals surface area contributed by atoms with Crippen LogP contribution in [0.5, 0.6) is 0 Å². The highest BCUT2D eigenvalue weighted by Gasteiger charge is 2.43. The van der Waals surface area contributed by atoms with Crippen molar-refractivity contribution in [2.24, 2.45) is 11.3 Å². The second-order valence-corrected chi connectivity index (χ2v) is 3.97. The lowest BCUT2D eigenvalue weighted by Crippen LogP contribution is -2.62. The first kappa shape index (κ1) is 8.01. The molecule has 1 atom stereocenters. The van der Waals surface area contributed by atoms with Crippen LogP contribution in [0.25, 0.3) is 0 Å². The predicted octanol–water partition coefficient (Wildman–Crippen LogP) is -0.730. The Labute approximate surface area is 71.3 Å². The molecule has 2 aliphatic rings. The van der Waals surface area contributed by atoms with Crippen molar-refractivity contribution in [2.75, 3.05) is 26.2 Å². The van der Waals surface area contributed by atoms with E-state index in [0.717, 1.165) is 26.1 Å². The molecule has 0 bridgehead atoms. The van der Waals surface area contributed by atoms with Crippen molar-refractivity contribution in [2.45, 2.75) is 6.42 Å². The van der Waals surface area contributed by atoms with Gasteiger partial charge < -0.3 is 15.7 Å². The molecule has 2 aliphatic heterocycles. The van der Waals surface area contributed by atoms with E-state index >= 15 is 0 Å². The highest BCUT2D eigenvalue weighted by molar-refractivity contribution is 5.70. The first-order chi connectivity index (χ1) is 5.72. The molecule has 0 aromatic carbocycles. The summed E-state index contributed by atoms with van der Waals surface area (Å²) in [5, 5.41) is 15.2. The molecule has 4 nitrogen and oxygen atoms in total. The monoisotopic (exact) mass is 170 g/mol. The van der Waals surface area contributed by atoms with E-state index in [2.05, 4.69) is 10.6 Å². The average molecular weight is 170 g/mol. The summed E-state index contributed by atoms with van der Waals surface area (Å²) >= 11 is 0. The van der Waals surface area contributed by atoms with Crippen LogP contribution in [0.15, 0.2) is 0 Å². The molecule has 0 amide bonds. The molecular weight excluding hydrogens is 156 g/mol. The standard InChI is InChI=1S/C8H14N2O2/c11-7(12)6-1-8(3-9-2-6)4-10-5-8/h6,9-10H,1-5H2,(H,11,12). The summed E-state index contributed by atoms with van der Waals surface area (Å²) in [6.45, 7) is 3.56. The summed E-state index contributed by atoms with van der Waals surface area (Å²) < 4.78 is 0. The Morgan fingerprint density at radius 3 is 2.50 bits per heavy atom. The molecule has 1 spiro atoms. The number of hydrogen-bond donors (Lipinski definition) is 3. The molecule has 3 N–H and O–H groups in total. The molecule has 0 saturated carbocycles. The summed E-state index contributed by atoms with van der Waals surface area (Å²) in [6, 6.07) is 0. The Kier molecular flexibility index (Phi) is 1.81. The third-order valence-electron chi connectivity index (χ3n) is 2.92. The summed E-state index contributed by atoms with van der Waals surface area (Å²) in [6.07, 6.45) is 0.836. The fraction of sp³-hybridized carbons (Fsp3) is 0.875. The van der Waals surface area contributed by atoms with Crippen molar-refractivity contribution in [3.05, 3.63) is 0 Å². The van der Waals surface area contributed by atoms with Gasteiger partial charge >= 0.3 is 5.97 Å². The van der Waals surface area contributed by atoms with Gasteiger partial charge in [0.25, 0.3) is 0 Å². The zero-order valence-electron chi connectivity index (χ0n) is 6.97. The minimum atomic E-state index is -0.659. The summed E-state index contributed by atoms with van der Waals surface area (Å²) in [4.78, 5) is 10.7. The van der Waals surface area contributed by atoms with Gasteiger partial charge in [-0.05, 0) is 6.42 Å². The number of rotatable bonds is 1. The molecule has 1 unspecified atom stereocenters. The van der Waals surface area contributed by atoms with E-state index in [1.807, 2.05) is 0 Å². The fourth-order valence-corrected chi connectivity index (χ4v) is 2.10. The number of carbonyl (C=O) groups is 1. The van der Waals surface area contributed by atoms with Gasteiger partial charge in [-0.1, -0.05) is 0 Å². The molecule has 0 aromatic heterocycles. The normalized spacial score (nSPS) is 32.8. The van der Waals surface area contributed by atoms with Crippen molar-refractivity contribution in [3.63, 3.8) is 0 Å². The lowest BCUT2D eigenvalue weighted by molar-refractivity contribution is -0.144. The maximum Gasteiger partial charge on any atom is 0.307 e. The Morgan fingerprint density at radius 2 is 2.00 bits per heavy atom. The third-order valence-corrected chi connectivity index (χ3v) is 2.92. The van der Waals surface area contributed by atoms with E-state index < -0.39 is 5.97 Å². The summed E-state index contributed by atoms with van der Waals surface area (Å²) in [7, 11) is 0. The first-order valence-corrected chi connectivity index (χ1v) is 4.36. The largest absolute Gasteiger partial charge is 0.481 e. The number of aliphatic carboxylic acids is 1. The smallest absolute Gasteiger partial charge is 0.307 e. The molecule has 68 valence electrons. The number of piperidine rings is 1. The van der Waals surface area contributed by atoms with Gasteiger partial charge in [-0.3, -0.25) is 4.79 Å². The number of nitrogens with one attached hydrogen (secondary N) is 2. The maximum absolute atomic E-state index is 10.7. The fourth-order valence-electron chi connectivity index (χ4n) is 2.10. The van der Waals surface area contributed by atoms with Crippen molar-refractivity contribution in [1.29, 1.82) is 0 Å². The van der Waals surface area contributed by atoms with E-state index in [4.69, 9.17) is 5.11 Å². The summed E-state index contributed by atoms with van der Waals surface area (Å²) in [5.74, 6) is -0.839. The highest BCUT2D eigenvalue weighted by atomic mass is 16.4. The molecule has 2 rings (SSSR count). The maximum atomic E-state index is 10.7. The van der Waals surface area contributed by atoms with Crippen molar-refractivity contribution < 1.29 is 9.90 Å². The molecule has 0 radical (unpaired) electrons. The number of hydrogen-bond acceptors (Lipinski definition) is 3. The Morgan fingerprint density at radius 1 is 1.33 bits per heavy atom. The molecule has 0 aromatic rings. The molecule has 2 saturated heterocycles. The van der Waals surface area contributed by atoms with Crippen molar-refractivity contribution >= 4 is 5.97 Å². The Hall–Kier alpha value is -0.610. The topological polar surface area (TPSA) is 61.4 Å². The molecule has 2 fully saturated rings. The first-order valence-electron chi connectivity index (χ1n) is 4.36. The highest BCUT2D eigenvalue weighted by Crippen LogP contribution is 2.32. The van der Waals surface area contributed by atoms with Gasteiger partial charge in [-0.25, -0.2) is 0 Å². The molecular formula is C8H14N2O2. The van der Waals surface area contributed by atoms with Crippen LogP contribution in [-0.4, -0.2) is 37.3 Å². The van der Waals surface area contributed by atoms with E-state index in [-0.39, 0.29) is 11.3 Å². The zero-order chi connectivity index (χ0) is 8.60. The molecule has 12 heavy (non-hydrogen) atoms. The Bertz CT molecular complexity index is 201. The molecule has 2 heterocycles. The van der Waals surface area contributed by atoms with Gasteiger partial charge in [-0.2, -0.15) is 0 Å². The molecule has 0 aliphatic carbocycles.